The van der Waals surface area contributed by atoms with Crippen LogP contribution in [-0.2, 0) is 9.59 Å². The third-order valence-electron chi connectivity index (χ3n) is 4.64. The highest BCUT2D eigenvalue weighted by Crippen LogP contribution is 2.41. The van der Waals surface area contributed by atoms with Gasteiger partial charge in [0.2, 0.25) is 0 Å². The normalized spacial score (nSPS) is 18.3. The van der Waals surface area contributed by atoms with Crippen molar-refractivity contribution < 1.29 is 19.1 Å². The van der Waals surface area contributed by atoms with Gasteiger partial charge in [0.1, 0.15) is 17.4 Å². The van der Waals surface area contributed by atoms with Gasteiger partial charge in [0, 0.05) is 16.2 Å². The second-order valence-electron chi connectivity index (χ2n) is 6.42. The van der Waals surface area contributed by atoms with E-state index < -0.39 is 23.5 Å². The summed E-state index contributed by atoms with van der Waals surface area (Å²) in [6.07, 6.45) is 1.51. The second-order valence-corrected chi connectivity index (χ2v) is 7.34. The Morgan fingerprint density at radius 3 is 2.31 bits per heavy atom. The summed E-state index contributed by atoms with van der Waals surface area (Å²) in [7, 11) is 0. The minimum atomic E-state index is -0.940. The third kappa shape index (κ3) is 3.45. The number of ketones is 1. The van der Waals surface area contributed by atoms with Crippen LogP contribution in [0.4, 0.5) is 10.2 Å². The topological polar surface area (TPSA) is 70.5 Å². The van der Waals surface area contributed by atoms with E-state index in [0.29, 0.717) is 15.6 Å². The zero-order valence-corrected chi connectivity index (χ0v) is 16.5. The van der Waals surface area contributed by atoms with Crippen molar-refractivity contribution in [2.45, 2.75) is 6.04 Å². The maximum Gasteiger partial charge on any atom is 0.301 e. The van der Waals surface area contributed by atoms with Crippen LogP contribution in [0, 0.1) is 5.82 Å². The molecule has 1 saturated heterocycles. The molecule has 3 aromatic rings. The van der Waals surface area contributed by atoms with Gasteiger partial charge in [-0.3, -0.25) is 14.5 Å². The summed E-state index contributed by atoms with van der Waals surface area (Å²) in [5.41, 5.74) is 0.812. The highest BCUT2D eigenvalue weighted by atomic mass is 79.9. The lowest BCUT2D eigenvalue weighted by Gasteiger charge is -2.24. The summed E-state index contributed by atoms with van der Waals surface area (Å²) in [5.74, 6) is -2.14. The van der Waals surface area contributed by atoms with Gasteiger partial charge < -0.3 is 5.11 Å². The molecular formula is C22H14BrFN2O3. The first-order chi connectivity index (χ1) is 14.0. The number of rotatable bonds is 3. The summed E-state index contributed by atoms with van der Waals surface area (Å²) >= 11 is 3.29. The number of benzene rings is 2. The molecule has 7 heteroatoms. The molecule has 1 N–H and O–H groups in total. The maximum atomic E-state index is 13.5. The van der Waals surface area contributed by atoms with Crippen molar-refractivity contribution in [3.8, 4) is 0 Å². The molecule has 1 aliphatic rings. The van der Waals surface area contributed by atoms with E-state index in [2.05, 4.69) is 20.9 Å². The Balaban J connectivity index is 1.94. The molecular weight excluding hydrogens is 439 g/mol. The van der Waals surface area contributed by atoms with Crippen LogP contribution in [0.25, 0.3) is 5.76 Å². The fourth-order valence-electron chi connectivity index (χ4n) is 3.29. The van der Waals surface area contributed by atoms with Crippen LogP contribution in [0.2, 0.25) is 0 Å². The first-order valence-electron chi connectivity index (χ1n) is 8.71. The Hall–Kier alpha value is -3.32. The number of amides is 1. The molecule has 29 heavy (non-hydrogen) atoms. The van der Waals surface area contributed by atoms with Gasteiger partial charge in [0.15, 0.2) is 0 Å². The monoisotopic (exact) mass is 452 g/mol. The number of anilines is 1. The van der Waals surface area contributed by atoms with Gasteiger partial charge in [0.05, 0.1) is 11.6 Å². The largest absolute Gasteiger partial charge is 0.507 e. The number of carbonyl (C=O) groups is 2. The fourth-order valence-corrected chi connectivity index (χ4v) is 3.53. The van der Waals surface area contributed by atoms with E-state index >= 15 is 0 Å². The quantitative estimate of drug-likeness (QED) is 0.357. The molecule has 2 aromatic carbocycles. The molecule has 0 unspecified atom stereocenters. The van der Waals surface area contributed by atoms with Crippen LogP contribution >= 0.6 is 15.9 Å². The molecule has 4 rings (SSSR count). The molecule has 1 fully saturated rings. The molecule has 0 radical (unpaired) electrons. The van der Waals surface area contributed by atoms with Gasteiger partial charge in [-0.15, -0.1) is 0 Å². The Labute approximate surface area is 174 Å². The van der Waals surface area contributed by atoms with Crippen LogP contribution in [-0.4, -0.2) is 21.8 Å². The lowest BCUT2D eigenvalue weighted by molar-refractivity contribution is -0.132. The molecule has 1 atom stereocenters. The number of aliphatic hydroxyl groups is 1. The molecule has 1 aromatic heterocycles. The average molecular weight is 453 g/mol. The van der Waals surface area contributed by atoms with Gasteiger partial charge in [-0.1, -0.05) is 42.5 Å². The standard InChI is InChI=1S/C22H14BrFN2O3/c23-15-8-11-17(25-12-15)26-19(13-6-9-16(24)10-7-13)18(21(28)22(26)29)20(27)14-4-2-1-3-5-14/h1-12,19,27H/b20-18+/t19-/m0/s1. The summed E-state index contributed by atoms with van der Waals surface area (Å²) in [6.45, 7) is 0. The van der Waals surface area contributed by atoms with E-state index in [1.165, 1.54) is 35.4 Å². The average Bonchev–Trinajstić information content (AvgIpc) is 3.00. The number of aliphatic hydroxyl groups excluding tert-OH is 1. The number of halogens is 2. The van der Waals surface area contributed by atoms with Crippen molar-refractivity contribution in [3.63, 3.8) is 0 Å². The zero-order valence-electron chi connectivity index (χ0n) is 14.9. The molecule has 0 bridgehead atoms. The number of Topliss-reactive ketones (excluding diaryl/α,β-unsaturated/α-hetero) is 1. The smallest absolute Gasteiger partial charge is 0.301 e. The fraction of sp³-hybridized carbons (Fsp3) is 0.0455. The molecule has 0 spiro atoms. The highest BCUT2D eigenvalue weighted by molar-refractivity contribution is 9.10. The highest BCUT2D eigenvalue weighted by Gasteiger charge is 2.47. The molecule has 2 heterocycles. The van der Waals surface area contributed by atoms with Crippen molar-refractivity contribution in [1.29, 1.82) is 0 Å². The van der Waals surface area contributed by atoms with E-state index in [0.717, 1.165) is 0 Å². The summed E-state index contributed by atoms with van der Waals surface area (Å²) in [4.78, 5) is 31.2. The zero-order chi connectivity index (χ0) is 20.5. The van der Waals surface area contributed by atoms with Crippen molar-refractivity contribution in [2.24, 2.45) is 0 Å². The lowest BCUT2D eigenvalue weighted by Crippen LogP contribution is -2.30. The Kier molecular flexibility index (Phi) is 4.98. The Morgan fingerprint density at radius 1 is 1.00 bits per heavy atom. The molecule has 5 nitrogen and oxygen atoms in total. The molecule has 0 aliphatic carbocycles. The van der Waals surface area contributed by atoms with Crippen LogP contribution < -0.4 is 4.90 Å². The van der Waals surface area contributed by atoms with Crippen LogP contribution in [0.15, 0.2) is 83.0 Å². The minimum Gasteiger partial charge on any atom is -0.507 e. The predicted molar refractivity (Wildman–Crippen MR) is 110 cm³/mol. The number of hydrogen-bond donors (Lipinski definition) is 1. The number of pyridine rings is 1. The minimum absolute atomic E-state index is 0.0717. The summed E-state index contributed by atoms with van der Waals surface area (Å²) in [5, 5.41) is 10.9. The predicted octanol–water partition coefficient (Wildman–Crippen LogP) is 4.61. The van der Waals surface area contributed by atoms with E-state index in [1.807, 2.05) is 0 Å². The first-order valence-corrected chi connectivity index (χ1v) is 9.50. The molecule has 0 saturated carbocycles. The molecule has 1 aliphatic heterocycles. The van der Waals surface area contributed by atoms with Crippen LogP contribution in [0.5, 0.6) is 0 Å². The van der Waals surface area contributed by atoms with Gasteiger partial charge >= 0.3 is 5.91 Å². The Morgan fingerprint density at radius 2 is 1.69 bits per heavy atom. The second kappa shape index (κ2) is 7.60. The van der Waals surface area contributed by atoms with Gasteiger partial charge in [0.25, 0.3) is 5.78 Å². The summed E-state index contributed by atoms with van der Waals surface area (Å²) < 4.78 is 14.2. The van der Waals surface area contributed by atoms with E-state index in [1.54, 1.807) is 42.5 Å². The number of hydrogen-bond acceptors (Lipinski definition) is 4. The number of aromatic nitrogens is 1. The van der Waals surface area contributed by atoms with Crippen LogP contribution in [0.3, 0.4) is 0 Å². The first kappa shape index (κ1) is 19.0. The molecule has 144 valence electrons. The van der Waals surface area contributed by atoms with Gasteiger partial charge in [-0.25, -0.2) is 9.37 Å². The molecule has 1 amide bonds. The van der Waals surface area contributed by atoms with Crippen molar-refractivity contribution in [3.05, 3.63) is 99.9 Å². The third-order valence-corrected chi connectivity index (χ3v) is 5.11. The lowest BCUT2D eigenvalue weighted by atomic mass is 9.95. The summed E-state index contributed by atoms with van der Waals surface area (Å²) in [6, 6.07) is 16.3. The van der Waals surface area contributed by atoms with Gasteiger partial charge in [-0.2, -0.15) is 0 Å². The van der Waals surface area contributed by atoms with E-state index in [9.17, 15) is 19.1 Å². The van der Waals surface area contributed by atoms with Crippen LogP contribution in [0.1, 0.15) is 17.2 Å². The van der Waals surface area contributed by atoms with Crippen molar-refractivity contribution in [2.75, 3.05) is 4.90 Å². The SMILES string of the molecule is O=C1C(=O)N(c2ccc(Br)cn2)[C@@H](c2ccc(F)cc2)/C1=C(\O)c1ccccc1. The van der Waals surface area contributed by atoms with Gasteiger partial charge in [-0.05, 0) is 45.8 Å². The van der Waals surface area contributed by atoms with Crippen molar-refractivity contribution in [1.82, 2.24) is 4.98 Å². The maximum absolute atomic E-state index is 13.5. The Bertz CT molecular complexity index is 1110. The van der Waals surface area contributed by atoms with E-state index in [-0.39, 0.29) is 17.2 Å². The number of nitrogens with zero attached hydrogens (tertiary/aromatic N) is 2. The van der Waals surface area contributed by atoms with E-state index in [4.69, 9.17) is 0 Å². The van der Waals surface area contributed by atoms with Crippen molar-refractivity contribution >= 4 is 39.2 Å². The number of carbonyl (C=O) groups excluding carboxylic acids is 2.